The van der Waals surface area contributed by atoms with Crippen molar-refractivity contribution in [3.63, 3.8) is 0 Å². The molecule has 2 aromatic heterocycles. The Balaban J connectivity index is 1.86. The number of aromatic amines is 1. The fraction of sp³-hybridized carbons (Fsp3) is 0.300. The van der Waals surface area contributed by atoms with Gasteiger partial charge in [0.2, 0.25) is 0 Å². The second-order valence-corrected chi connectivity index (χ2v) is 15.9. The molecule has 0 atom stereocenters. The maximum Gasteiger partial charge on any atom is 0.266 e. The van der Waals surface area contributed by atoms with Crippen molar-refractivity contribution in [2.45, 2.75) is 58.2 Å². The predicted octanol–water partition coefficient (Wildman–Crippen LogP) is 6.41. The van der Waals surface area contributed by atoms with Gasteiger partial charge in [-0.1, -0.05) is 77.9 Å². The van der Waals surface area contributed by atoms with E-state index in [0.717, 1.165) is 4.90 Å². The third kappa shape index (κ3) is 5.02. The zero-order chi connectivity index (χ0) is 27.4. The van der Waals surface area contributed by atoms with E-state index in [1.54, 1.807) is 48.5 Å². The van der Waals surface area contributed by atoms with Crippen molar-refractivity contribution in [3.8, 4) is 11.5 Å². The molecule has 2 amide bonds. The first-order chi connectivity index (χ1) is 18.2. The number of anilines is 1. The number of nitrogens with zero attached hydrogens (tertiary/aromatic N) is 4. The van der Waals surface area contributed by atoms with Crippen LogP contribution in [-0.4, -0.2) is 39.8 Å². The first-order valence-electron chi connectivity index (χ1n) is 12.9. The Morgan fingerprint density at radius 3 is 1.76 bits per heavy atom. The normalized spacial score (nSPS) is 11.6. The third-order valence-corrected chi connectivity index (χ3v) is 13.5. The van der Waals surface area contributed by atoms with E-state index in [1.807, 2.05) is 12.1 Å². The van der Waals surface area contributed by atoms with Gasteiger partial charge in [-0.15, -0.1) is 5.54 Å². The molecule has 0 bridgehead atoms. The van der Waals surface area contributed by atoms with Gasteiger partial charge < -0.3 is 4.98 Å². The van der Waals surface area contributed by atoms with Crippen LogP contribution in [0, 0.1) is 11.5 Å². The highest BCUT2D eigenvalue weighted by molar-refractivity contribution is 6.90. The molecule has 4 aromatic rings. The number of carbonyl (C=O) groups excluding carboxylic acids is 2. The number of rotatable bonds is 6. The molecule has 2 heterocycles. The molecule has 7 nitrogen and oxygen atoms in total. The van der Waals surface area contributed by atoms with Crippen molar-refractivity contribution >= 4 is 36.9 Å². The summed E-state index contributed by atoms with van der Waals surface area (Å²) in [6.45, 7) is 13.5. The van der Waals surface area contributed by atoms with Crippen LogP contribution >= 0.6 is 0 Å². The molecular weight excluding hydrogens is 490 g/mol. The van der Waals surface area contributed by atoms with Gasteiger partial charge in [0.05, 0.1) is 0 Å². The summed E-state index contributed by atoms with van der Waals surface area (Å²) in [4.78, 5) is 44.9. The molecule has 0 saturated carbocycles. The Bertz CT molecular complexity index is 1430. The van der Waals surface area contributed by atoms with E-state index in [1.165, 1.54) is 6.33 Å². The van der Waals surface area contributed by atoms with E-state index in [2.05, 4.69) is 72.9 Å². The van der Waals surface area contributed by atoms with Gasteiger partial charge in [-0.3, -0.25) is 9.59 Å². The lowest BCUT2D eigenvalue weighted by Crippen LogP contribution is -2.43. The van der Waals surface area contributed by atoms with Crippen LogP contribution in [0.2, 0.25) is 16.6 Å². The molecule has 0 aliphatic rings. The van der Waals surface area contributed by atoms with Gasteiger partial charge >= 0.3 is 0 Å². The number of carbonyl (C=O) groups is 2. The van der Waals surface area contributed by atoms with E-state index in [0.29, 0.717) is 44.7 Å². The molecule has 1 N–H and O–H groups in total. The Hall–Kier alpha value is -4.09. The summed E-state index contributed by atoms with van der Waals surface area (Å²) in [5.74, 6) is 2.89. The zero-order valence-electron chi connectivity index (χ0n) is 22.7. The van der Waals surface area contributed by atoms with Crippen molar-refractivity contribution in [2.24, 2.45) is 0 Å². The lowest BCUT2D eigenvalue weighted by atomic mass is 10.1. The van der Waals surface area contributed by atoms with Crippen LogP contribution in [0.5, 0.6) is 0 Å². The smallest absolute Gasteiger partial charge is 0.266 e. The molecule has 0 aliphatic carbocycles. The lowest BCUT2D eigenvalue weighted by molar-refractivity contribution is 0.0897. The molecule has 0 spiro atoms. The topological polar surface area (TPSA) is 91.8 Å². The number of hydrogen-bond donors (Lipinski definition) is 1. The van der Waals surface area contributed by atoms with Crippen molar-refractivity contribution < 1.29 is 9.59 Å². The van der Waals surface area contributed by atoms with Crippen molar-refractivity contribution in [1.29, 1.82) is 0 Å². The monoisotopic (exact) mass is 523 g/mol. The van der Waals surface area contributed by atoms with Crippen LogP contribution in [0.25, 0.3) is 11.2 Å². The maximum absolute atomic E-state index is 13.7. The van der Waals surface area contributed by atoms with Crippen molar-refractivity contribution in [3.05, 3.63) is 83.9 Å². The van der Waals surface area contributed by atoms with Gasteiger partial charge in [0, 0.05) is 11.1 Å². The van der Waals surface area contributed by atoms with Gasteiger partial charge in [-0.25, -0.2) is 19.9 Å². The highest BCUT2D eigenvalue weighted by Gasteiger charge is 2.41. The predicted molar refractivity (Wildman–Crippen MR) is 154 cm³/mol. The number of nitrogens with one attached hydrogen (secondary N) is 1. The Labute approximate surface area is 224 Å². The van der Waals surface area contributed by atoms with Crippen LogP contribution < -0.4 is 4.90 Å². The Morgan fingerprint density at radius 2 is 1.29 bits per heavy atom. The average molecular weight is 524 g/mol. The van der Waals surface area contributed by atoms with Crippen LogP contribution in [0.3, 0.4) is 0 Å². The highest BCUT2D eigenvalue weighted by atomic mass is 28.3. The molecule has 38 heavy (non-hydrogen) atoms. The summed E-state index contributed by atoms with van der Waals surface area (Å²) >= 11 is 0. The van der Waals surface area contributed by atoms with Crippen molar-refractivity contribution in [2.75, 3.05) is 4.90 Å². The van der Waals surface area contributed by atoms with E-state index in [9.17, 15) is 9.59 Å². The molecule has 2 aromatic carbocycles. The zero-order valence-corrected chi connectivity index (χ0v) is 23.7. The first-order valence-corrected chi connectivity index (χ1v) is 15.1. The number of H-pyrrole nitrogens is 1. The molecule has 0 radical (unpaired) electrons. The van der Waals surface area contributed by atoms with Crippen LogP contribution in [-0.2, 0) is 0 Å². The molecule has 0 fully saturated rings. The fourth-order valence-electron chi connectivity index (χ4n) is 5.35. The summed E-state index contributed by atoms with van der Waals surface area (Å²) < 4.78 is 0. The SMILES string of the molecule is CC(C)[Si](C#Cc1nc2ncnc(N(C(=O)c3ccccc3)C(=O)c3ccccc3)c2[nH]1)(C(C)C)C(C)C. The first kappa shape index (κ1) is 27.0. The number of aromatic nitrogens is 4. The summed E-state index contributed by atoms with van der Waals surface area (Å²) in [6.07, 6.45) is 1.31. The fourth-order valence-corrected chi connectivity index (χ4v) is 10.6. The second kappa shape index (κ2) is 11.1. The average Bonchev–Trinajstić information content (AvgIpc) is 3.33. The number of benzene rings is 2. The van der Waals surface area contributed by atoms with Gasteiger partial charge in [-0.2, -0.15) is 0 Å². The molecule has 194 valence electrons. The molecule has 4 rings (SSSR count). The van der Waals surface area contributed by atoms with E-state index in [4.69, 9.17) is 0 Å². The lowest BCUT2D eigenvalue weighted by Gasteiger charge is -2.37. The summed E-state index contributed by atoms with van der Waals surface area (Å²) in [7, 11) is -1.99. The molecule has 0 unspecified atom stereocenters. The standard InChI is InChI=1S/C30H33N5O2Si/c1-20(2)38(21(3)4,22(5)6)18-17-25-33-26-27(34-25)31-19-32-28(26)35(29(36)23-13-9-7-10-14-23)30(37)24-15-11-8-12-16-24/h7-16,19-22H,1-6H3,(H,31,32,33,34). The quantitative estimate of drug-likeness (QED) is 0.179. The largest absolute Gasteiger partial charge is 0.327 e. The number of amides is 2. The Morgan fingerprint density at radius 1 is 0.789 bits per heavy atom. The summed E-state index contributed by atoms with van der Waals surface area (Å²) in [5, 5.41) is 0. The number of hydrogen-bond acceptors (Lipinski definition) is 5. The highest BCUT2D eigenvalue weighted by Crippen LogP contribution is 2.40. The van der Waals surface area contributed by atoms with E-state index in [-0.39, 0.29) is 5.82 Å². The van der Waals surface area contributed by atoms with Gasteiger partial charge in [0.15, 0.2) is 17.3 Å². The second-order valence-electron chi connectivity index (χ2n) is 10.3. The minimum Gasteiger partial charge on any atom is -0.327 e. The van der Waals surface area contributed by atoms with E-state index >= 15 is 0 Å². The molecule has 0 saturated heterocycles. The molecule has 8 heteroatoms. The third-order valence-electron chi connectivity index (χ3n) is 7.19. The van der Waals surface area contributed by atoms with Crippen LogP contribution in [0.4, 0.5) is 5.82 Å². The van der Waals surface area contributed by atoms with Gasteiger partial charge in [-0.05, 0) is 46.8 Å². The minimum atomic E-state index is -1.99. The van der Waals surface area contributed by atoms with Gasteiger partial charge in [0.25, 0.3) is 11.8 Å². The van der Waals surface area contributed by atoms with Crippen LogP contribution in [0.1, 0.15) is 68.1 Å². The molecule has 0 aliphatic heterocycles. The summed E-state index contributed by atoms with van der Waals surface area (Å²) in [5.41, 5.74) is 6.52. The van der Waals surface area contributed by atoms with Crippen LogP contribution in [0.15, 0.2) is 67.0 Å². The van der Waals surface area contributed by atoms with E-state index < -0.39 is 19.9 Å². The molecular formula is C30H33N5O2Si. The van der Waals surface area contributed by atoms with Gasteiger partial charge in [0.1, 0.15) is 19.9 Å². The number of imidazole rings is 1. The maximum atomic E-state index is 13.7. The Kier molecular flexibility index (Phi) is 7.88. The summed E-state index contributed by atoms with van der Waals surface area (Å²) in [6, 6.07) is 17.3. The minimum absolute atomic E-state index is 0.137. The van der Waals surface area contributed by atoms with Crippen molar-refractivity contribution in [1.82, 2.24) is 19.9 Å². The number of imide groups is 1. The number of fused-ring (bicyclic) bond motifs is 1.